The molecule has 1 rings (SSSR count). The highest BCUT2D eigenvalue weighted by Gasteiger charge is 1.92. The molecule has 1 aromatic rings. The zero-order valence-corrected chi connectivity index (χ0v) is 10.2. The first-order valence-corrected chi connectivity index (χ1v) is 6.25. The van der Waals surface area contributed by atoms with Gasteiger partial charge in [-0.05, 0) is 44.5 Å². The van der Waals surface area contributed by atoms with Crippen LogP contribution in [0.5, 0.6) is 0 Å². The van der Waals surface area contributed by atoms with Gasteiger partial charge in [-0.1, -0.05) is 13.0 Å². The van der Waals surface area contributed by atoms with Gasteiger partial charge in [0.15, 0.2) is 0 Å². The van der Waals surface area contributed by atoms with Crippen molar-refractivity contribution in [1.29, 1.82) is 0 Å². The Hall–Kier alpha value is -0.930. The van der Waals surface area contributed by atoms with E-state index in [-0.39, 0.29) is 0 Å². The Morgan fingerprint density at radius 2 is 1.88 bits per heavy atom. The monoisotopic (exact) mass is 221 g/mol. The van der Waals surface area contributed by atoms with Crippen molar-refractivity contribution in [3.05, 3.63) is 30.1 Å². The van der Waals surface area contributed by atoms with E-state index in [1.54, 1.807) is 0 Å². The quantitative estimate of drug-likeness (QED) is 0.622. The summed E-state index contributed by atoms with van der Waals surface area (Å²) in [6, 6.07) is 6.09. The number of pyridine rings is 1. The second-order valence-electron chi connectivity index (χ2n) is 3.92. The van der Waals surface area contributed by atoms with E-state index in [4.69, 9.17) is 0 Å². The van der Waals surface area contributed by atoms with E-state index in [0.29, 0.717) is 0 Å². The summed E-state index contributed by atoms with van der Waals surface area (Å²) in [6.07, 6.45) is 5.29. The number of aryl methyl sites for hydroxylation is 1. The summed E-state index contributed by atoms with van der Waals surface area (Å²) < 4.78 is 0. The van der Waals surface area contributed by atoms with Crippen molar-refractivity contribution in [3.63, 3.8) is 0 Å². The van der Waals surface area contributed by atoms with Gasteiger partial charge < -0.3 is 10.6 Å². The summed E-state index contributed by atoms with van der Waals surface area (Å²) in [4.78, 5) is 4.30. The van der Waals surface area contributed by atoms with E-state index in [0.717, 1.165) is 39.0 Å². The standard InChI is InChI=1S/C13H23N3/c1-2-8-14-11-12-15-9-5-7-13-6-3-4-10-16-13/h3-4,6,10,14-15H,2,5,7-9,11-12H2,1H3. The lowest BCUT2D eigenvalue weighted by atomic mass is 10.2. The number of nitrogens with zero attached hydrogens (tertiary/aromatic N) is 1. The zero-order valence-electron chi connectivity index (χ0n) is 10.2. The van der Waals surface area contributed by atoms with Crippen LogP contribution in [-0.2, 0) is 6.42 Å². The molecule has 0 unspecified atom stereocenters. The van der Waals surface area contributed by atoms with Crippen molar-refractivity contribution in [2.24, 2.45) is 0 Å². The lowest BCUT2D eigenvalue weighted by molar-refractivity contribution is 0.592. The molecule has 2 N–H and O–H groups in total. The second-order valence-corrected chi connectivity index (χ2v) is 3.92. The van der Waals surface area contributed by atoms with E-state index < -0.39 is 0 Å². The fourth-order valence-electron chi connectivity index (χ4n) is 1.54. The Morgan fingerprint density at radius 1 is 1.06 bits per heavy atom. The Kier molecular flexibility index (Phi) is 7.64. The molecule has 0 aromatic carbocycles. The van der Waals surface area contributed by atoms with Gasteiger partial charge >= 0.3 is 0 Å². The fourth-order valence-corrected chi connectivity index (χ4v) is 1.54. The Labute approximate surface area is 98.7 Å². The minimum absolute atomic E-state index is 1.06. The van der Waals surface area contributed by atoms with Crippen LogP contribution in [0.4, 0.5) is 0 Å². The molecule has 0 spiro atoms. The molecule has 0 aliphatic heterocycles. The Balaban J connectivity index is 1.89. The van der Waals surface area contributed by atoms with Crippen molar-refractivity contribution in [2.75, 3.05) is 26.2 Å². The molecule has 0 atom stereocenters. The predicted molar refractivity (Wildman–Crippen MR) is 68.6 cm³/mol. The molecule has 0 saturated carbocycles. The van der Waals surface area contributed by atoms with Crippen LogP contribution in [-0.4, -0.2) is 31.2 Å². The summed E-state index contributed by atoms with van der Waals surface area (Å²) in [5.74, 6) is 0. The molecular weight excluding hydrogens is 198 g/mol. The second kappa shape index (κ2) is 9.31. The minimum Gasteiger partial charge on any atom is -0.315 e. The summed E-state index contributed by atoms with van der Waals surface area (Å²) in [6.45, 7) is 6.51. The van der Waals surface area contributed by atoms with Crippen LogP contribution in [0.25, 0.3) is 0 Å². The zero-order chi connectivity index (χ0) is 11.5. The van der Waals surface area contributed by atoms with Gasteiger partial charge in [0.25, 0.3) is 0 Å². The lowest BCUT2D eigenvalue weighted by Gasteiger charge is -2.05. The van der Waals surface area contributed by atoms with E-state index in [1.807, 2.05) is 18.3 Å². The molecule has 90 valence electrons. The number of nitrogens with one attached hydrogen (secondary N) is 2. The van der Waals surface area contributed by atoms with Crippen LogP contribution >= 0.6 is 0 Å². The molecule has 1 heterocycles. The highest BCUT2D eigenvalue weighted by molar-refractivity contribution is 5.03. The minimum atomic E-state index is 1.06. The van der Waals surface area contributed by atoms with Crippen LogP contribution in [0.3, 0.4) is 0 Å². The largest absolute Gasteiger partial charge is 0.315 e. The van der Waals surface area contributed by atoms with E-state index in [2.05, 4.69) is 28.6 Å². The van der Waals surface area contributed by atoms with Gasteiger partial charge in [-0.25, -0.2) is 0 Å². The Bertz CT molecular complexity index is 249. The molecule has 0 amide bonds. The SMILES string of the molecule is CCCNCCNCCCc1ccccn1. The van der Waals surface area contributed by atoms with E-state index in [1.165, 1.54) is 12.1 Å². The first-order chi connectivity index (χ1) is 7.93. The molecule has 3 heteroatoms. The van der Waals surface area contributed by atoms with Gasteiger partial charge in [-0.2, -0.15) is 0 Å². The van der Waals surface area contributed by atoms with Crippen molar-refractivity contribution >= 4 is 0 Å². The number of aromatic nitrogens is 1. The summed E-state index contributed by atoms with van der Waals surface area (Å²) in [5.41, 5.74) is 1.19. The predicted octanol–water partition coefficient (Wildman–Crippen LogP) is 1.60. The third-order valence-corrected chi connectivity index (χ3v) is 2.42. The molecular formula is C13H23N3. The molecule has 0 aliphatic carbocycles. The van der Waals surface area contributed by atoms with E-state index in [9.17, 15) is 0 Å². The average Bonchev–Trinajstić information content (AvgIpc) is 2.34. The maximum Gasteiger partial charge on any atom is 0.0404 e. The first-order valence-electron chi connectivity index (χ1n) is 6.25. The van der Waals surface area contributed by atoms with Crippen molar-refractivity contribution in [3.8, 4) is 0 Å². The van der Waals surface area contributed by atoms with Crippen molar-refractivity contribution < 1.29 is 0 Å². The van der Waals surface area contributed by atoms with Crippen LogP contribution in [0.1, 0.15) is 25.5 Å². The maximum absolute atomic E-state index is 4.30. The Morgan fingerprint density at radius 3 is 2.56 bits per heavy atom. The lowest BCUT2D eigenvalue weighted by Crippen LogP contribution is -2.28. The number of hydrogen-bond donors (Lipinski definition) is 2. The van der Waals surface area contributed by atoms with Gasteiger partial charge in [0, 0.05) is 25.0 Å². The molecule has 1 aromatic heterocycles. The molecule has 0 fully saturated rings. The molecule has 0 bridgehead atoms. The van der Waals surface area contributed by atoms with Crippen molar-refractivity contribution in [1.82, 2.24) is 15.6 Å². The van der Waals surface area contributed by atoms with Crippen molar-refractivity contribution in [2.45, 2.75) is 26.2 Å². The summed E-state index contributed by atoms with van der Waals surface area (Å²) in [7, 11) is 0. The maximum atomic E-state index is 4.30. The third-order valence-electron chi connectivity index (χ3n) is 2.42. The summed E-state index contributed by atoms with van der Waals surface area (Å²) in [5, 5.41) is 6.79. The topological polar surface area (TPSA) is 37.0 Å². The van der Waals surface area contributed by atoms with Gasteiger partial charge in [0.05, 0.1) is 0 Å². The first kappa shape index (κ1) is 13.1. The number of hydrogen-bond acceptors (Lipinski definition) is 3. The fraction of sp³-hybridized carbons (Fsp3) is 0.615. The van der Waals surface area contributed by atoms with Crippen LogP contribution in [0.2, 0.25) is 0 Å². The molecule has 0 aliphatic rings. The number of rotatable bonds is 9. The molecule has 16 heavy (non-hydrogen) atoms. The third kappa shape index (κ3) is 6.53. The average molecular weight is 221 g/mol. The van der Waals surface area contributed by atoms with Gasteiger partial charge in [0.2, 0.25) is 0 Å². The smallest absolute Gasteiger partial charge is 0.0404 e. The van der Waals surface area contributed by atoms with Crippen LogP contribution in [0, 0.1) is 0 Å². The highest BCUT2D eigenvalue weighted by Crippen LogP contribution is 1.96. The van der Waals surface area contributed by atoms with Crippen LogP contribution < -0.4 is 10.6 Å². The highest BCUT2D eigenvalue weighted by atomic mass is 14.9. The molecule has 0 saturated heterocycles. The van der Waals surface area contributed by atoms with E-state index >= 15 is 0 Å². The normalized spacial score (nSPS) is 10.6. The summed E-state index contributed by atoms with van der Waals surface area (Å²) >= 11 is 0. The molecule has 0 radical (unpaired) electrons. The van der Waals surface area contributed by atoms with Gasteiger partial charge in [-0.3, -0.25) is 4.98 Å². The van der Waals surface area contributed by atoms with Gasteiger partial charge in [-0.15, -0.1) is 0 Å². The van der Waals surface area contributed by atoms with Crippen LogP contribution in [0.15, 0.2) is 24.4 Å². The molecule has 3 nitrogen and oxygen atoms in total. The van der Waals surface area contributed by atoms with Gasteiger partial charge in [0.1, 0.15) is 0 Å².